The van der Waals surface area contributed by atoms with Crippen molar-refractivity contribution in [3.8, 4) is 5.88 Å². The average Bonchev–Trinajstić information content (AvgIpc) is 2.89. The Kier molecular flexibility index (Phi) is 3.33. The van der Waals surface area contributed by atoms with E-state index < -0.39 is 5.60 Å². The molecule has 114 valence electrons. The lowest BCUT2D eigenvalue weighted by Gasteiger charge is -2.21. The van der Waals surface area contributed by atoms with E-state index in [-0.39, 0.29) is 18.1 Å². The third-order valence-electron chi connectivity index (χ3n) is 3.45. The number of hydrogen-bond donors (Lipinski definition) is 2. The van der Waals surface area contributed by atoms with Crippen molar-refractivity contribution < 1.29 is 14.6 Å². The van der Waals surface area contributed by atoms with Gasteiger partial charge in [0.1, 0.15) is 11.4 Å². The molecular weight excluding hydrogens is 285 g/mol. The number of halogens is 1. The number of fused-ring (bicyclic) bond motifs is 1. The number of rotatable bonds is 3. The number of benzene rings is 1. The van der Waals surface area contributed by atoms with E-state index in [0.717, 1.165) is 0 Å². The minimum absolute atomic E-state index is 0.101. The zero-order valence-corrected chi connectivity index (χ0v) is 12.3. The molecule has 0 atom stereocenters. The van der Waals surface area contributed by atoms with Crippen LogP contribution in [0, 0.1) is 5.82 Å². The van der Waals surface area contributed by atoms with Crippen LogP contribution < -0.4 is 0 Å². The summed E-state index contributed by atoms with van der Waals surface area (Å²) >= 11 is 0. The number of nitrogens with zero attached hydrogens (tertiary/aromatic N) is 3. The van der Waals surface area contributed by atoms with Gasteiger partial charge in [-0.2, -0.15) is 9.61 Å². The van der Waals surface area contributed by atoms with Gasteiger partial charge in [0.15, 0.2) is 5.65 Å². The topological polar surface area (TPSA) is 70.7 Å². The molecule has 0 saturated carbocycles. The van der Waals surface area contributed by atoms with Crippen LogP contribution in [-0.2, 0) is 12.0 Å². The number of hydrogen-bond acceptors (Lipinski definition) is 4. The molecule has 3 rings (SSSR count). The van der Waals surface area contributed by atoms with E-state index in [1.807, 2.05) is 0 Å². The highest BCUT2D eigenvalue weighted by Gasteiger charge is 2.26. The van der Waals surface area contributed by atoms with Gasteiger partial charge in [-0.25, -0.2) is 9.37 Å². The molecule has 22 heavy (non-hydrogen) atoms. The molecule has 0 aliphatic heterocycles. The zero-order valence-electron chi connectivity index (χ0n) is 12.3. The molecule has 3 aromatic rings. The Morgan fingerprint density at radius 2 is 2.05 bits per heavy atom. The van der Waals surface area contributed by atoms with Crippen LogP contribution in [0.5, 0.6) is 5.88 Å². The largest absolute Gasteiger partial charge is 0.493 e. The van der Waals surface area contributed by atoms with Gasteiger partial charge in [0.2, 0.25) is 5.88 Å². The van der Waals surface area contributed by atoms with E-state index in [0.29, 0.717) is 22.5 Å². The van der Waals surface area contributed by atoms with Crippen LogP contribution in [0.4, 0.5) is 4.39 Å². The van der Waals surface area contributed by atoms with Gasteiger partial charge in [-0.05, 0) is 31.5 Å². The summed E-state index contributed by atoms with van der Waals surface area (Å²) in [4.78, 5) is 4.38. The van der Waals surface area contributed by atoms with E-state index in [1.54, 1.807) is 32.0 Å². The Labute approximate surface area is 126 Å². The Morgan fingerprint density at radius 1 is 1.27 bits per heavy atom. The summed E-state index contributed by atoms with van der Waals surface area (Å²) < 4.78 is 14.7. The standard InChI is InChI=1S/C16H16FN3O2/c1-16(2,22)14-12(9-10-4-3-5-11(17)8-10)15(21)20-13(19-14)6-7-18-20/h3-8,21-22H,9H2,1-2H3. The lowest BCUT2D eigenvalue weighted by Crippen LogP contribution is -2.21. The van der Waals surface area contributed by atoms with E-state index >= 15 is 0 Å². The summed E-state index contributed by atoms with van der Waals surface area (Å²) in [5, 5.41) is 24.8. The minimum Gasteiger partial charge on any atom is -0.493 e. The summed E-state index contributed by atoms with van der Waals surface area (Å²) in [6, 6.07) is 7.74. The normalized spacial score (nSPS) is 12.0. The molecule has 0 unspecified atom stereocenters. The van der Waals surface area contributed by atoms with Crippen LogP contribution in [0.3, 0.4) is 0 Å². The molecule has 0 saturated heterocycles. The first-order valence-corrected chi connectivity index (χ1v) is 6.89. The predicted molar refractivity (Wildman–Crippen MR) is 79.1 cm³/mol. The van der Waals surface area contributed by atoms with Gasteiger partial charge in [0.25, 0.3) is 0 Å². The Balaban J connectivity index is 2.19. The van der Waals surface area contributed by atoms with Crippen molar-refractivity contribution in [2.45, 2.75) is 25.9 Å². The molecule has 2 heterocycles. The fraction of sp³-hybridized carbons (Fsp3) is 0.250. The fourth-order valence-electron chi connectivity index (χ4n) is 2.48. The van der Waals surface area contributed by atoms with Gasteiger partial charge in [-0.15, -0.1) is 0 Å². The first-order chi connectivity index (χ1) is 10.4. The smallest absolute Gasteiger partial charge is 0.219 e. The van der Waals surface area contributed by atoms with Gasteiger partial charge in [0, 0.05) is 18.1 Å². The first kappa shape index (κ1) is 14.5. The molecule has 2 N–H and O–H groups in total. The van der Waals surface area contributed by atoms with Crippen LogP contribution in [0.2, 0.25) is 0 Å². The van der Waals surface area contributed by atoms with E-state index in [4.69, 9.17) is 0 Å². The van der Waals surface area contributed by atoms with Gasteiger partial charge >= 0.3 is 0 Å². The molecular formula is C16H16FN3O2. The van der Waals surface area contributed by atoms with Gasteiger partial charge in [-0.1, -0.05) is 12.1 Å². The molecule has 0 bridgehead atoms. The van der Waals surface area contributed by atoms with Gasteiger partial charge < -0.3 is 10.2 Å². The summed E-state index contributed by atoms with van der Waals surface area (Å²) in [7, 11) is 0. The van der Waals surface area contributed by atoms with E-state index in [1.165, 1.54) is 22.8 Å². The predicted octanol–water partition coefficient (Wildman–Crippen LogP) is 2.39. The second-order valence-electron chi connectivity index (χ2n) is 5.73. The van der Waals surface area contributed by atoms with Crippen LogP contribution in [0.1, 0.15) is 30.7 Å². The lowest BCUT2D eigenvalue weighted by atomic mass is 9.95. The van der Waals surface area contributed by atoms with Crippen LogP contribution in [0.15, 0.2) is 36.5 Å². The monoisotopic (exact) mass is 301 g/mol. The Bertz CT molecular complexity index is 837. The highest BCUT2D eigenvalue weighted by atomic mass is 19.1. The molecule has 1 aromatic carbocycles. The highest BCUT2D eigenvalue weighted by molar-refractivity contribution is 5.48. The second-order valence-corrected chi connectivity index (χ2v) is 5.73. The molecule has 0 amide bonds. The van der Waals surface area contributed by atoms with Crippen molar-refractivity contribution >= 4 is 5.65 Å². The molecule has 0 radical (unpaired) electrons. The Morgan fingerprint density at radius 3 is 2.73 bits per heavy atom. The third kappa shape index (κ3) is 2.53. The summed E-state index contributed by atoms with van der Waals surface area (Å²) in [5.74, 6) is -0.452. The minimum atomic E-state index is -1.24. The van der Waals surface area contributed by atoms with E-state index in [9.17, 15) is 14.6 Å². The third-order valence-corrected chi connectivity index (χ3v) is 3.45. The maximum Gasteiger partial charge on any atom is 0.219 e. The van der Waals surface area contributed by atoms with Crippen molar-refractivity contribution in [1.29, 1.82) is 0 Å². The van der Waals surface area contributed by atoms with Gasteiger partial charge in [0.05, 0.1) is 11.9 Å². The van der Waals surface area contributed by atoms with Crippen LogP contribution in [-0.4, -0.2) is 24.8 Å². The molecule has 5 nitrogen and oxygen atoms in total. The van der Waals surface area contributed by atoms with Crippen LogP contribution >= 0.6 is 0 Å². The highest BCUT2D eigenvalue weighted by Crippen LogP contribution is 2.31. The zero-order chi connectivity index (χ0) is 15.9. The fourth-order valence-corrected chi connectivity index (χ4v) is 2.48. The molecule has 0 aliphatic carbocycles. The quantitative estimate of drug-likeness (QED) is 0.779. The molecule has 0 spiro atoms. The molecule has 0 aliphatic rings. The summed E-state index contributed by atoms with van der Waals surface area (Å²) in [6.45, 7) is 3.19. The van der Waals surface area contributed by atoms with Crippen molar-refractivity contribution in [3.63, 3.8) is 0 Å². The average molecular weight is 301 g/mol. The molecule has 2 aromatic heterocycles. The maximum absolute atomic E-state index is 13.4. The number of aliphatic hydroxyl groups is 1. The Hall–Kier alpha value is -2.47. The van der Waals surface area contributed by atoms with E-state index in [2.05, 4.69) is 10.1 Å². The van der Waals surface area contributed by atoms with Crippen LogP contribution in [0.25, 0.3) is 5.65 Å². The number of aromatic nitrogens is 3. The second kappa shape index (κ2) is 5.06. The van der Waals surface area contributed by atoms with Crippen molar-refractivity contribution in [1.82, 2.24) is 14.6 Å². The van der Waals surface area contributed by atoms with Crippen molar-refractivity contribution in [2.24, 2.45) is 0 Å². The molecule has 6 heteroatoms. The summed E-state index contributed by atoms with van der Waals surface area (Å²) in [6.07, 6.45) is 1.76. The summed E-state index contributed by atoms with van der Waals surface area (Å²) in [5.41, 5.74) is 0.648. The van der Waals surface area contributed by atoms with Gasteiger partial charge in [-0.3, -0.25) is 0 Å². The first-order valence-electron chi connectivity index (χ1n) is 6.89. The SMILES string of the molecule is CC(C)(O)c1nc2ccnn2c(O)c1Cc1cccc(F)c1. The number of aromatic hydroxyl groups is 1. The maximum atomic E-state index is 13.4. The molecule has 0 fully saturated rings. The van der Waals surface area contributed by atoms with Crippen molar-refractivity contribution in [3.05, 3.63) is 59.2 Å². The van der Waals surface area contributed by atoms with Crippen molar-refractivity contribution in [2.75, 3.05) is 0 Å². The lowest BCUT2D eigenvalue weighted by molar-refractivity contribution is 0.0725.